The molecule has 1 unspecified atom stereocenters. The van der Waals surface area contributed by atoms with Crippen molar-refractivity contribution in [2.45, 2.75) is 44.6 Å². The predicted molar refractivity (Wildman–Crippen MR) is 118 cm³/mol. The SMILES string of the molecule is C=CCc1c(C#CC2(O)CN3CCC2CC3)ccc(C(=O)OCCOC)c1C(C)C. The van der Waals surface area contributed by atoms with E-state index in [0.717, 1.165) is 42.6 Å². The van der Waals surface area contributed by atoms with Crippen LogP contribution in [0.3, 0.4) is 0 Å². The Morgan fingerprint density at radius 2 is 2.10 bits per heavy atom. The Kier molecular flexibility index (Phi) is 7.36. The van der Waals surface area contributed by atoms with Crippen molar-refractivity contribution in [2.24, 2.45) is 5.92 Å². The third kappa shape index (κ3) is 4.78. The van der Waals surface area contributed by atoms with E-state index < -0.39 is 5.60 Å². The minimum Gasteiger partial charge on any atom is -0.460 e. The van der Waals surface area contributed by atoms with Crippen LogP contribution in [0.2, 0.25) is 0 Å². The summed E-state index contributed by atoms with van der Waals surface area (Å²) in [6, 6.07) is 3.66. The molecule has 0 radical (unpaired) electrons. The number of rotatable bonds is 7. The molecule has 0 amide bonds. The summed E-state index contributed by atoms with van der Waals surface area (Å²) >= 11 is 0. The zero-order valence-electron chi connectivity index (χ0n) is 18.4. The number of allylic oxidation sites excluding steroid dienone is 1. The Morgan fingerprint density at radius 1 is 1.37 bits per heavy atom. The largest absolute Gasteiger partial charge is 0.460 e. The van der Waals surface area contributed by atoms with Crippen LogP contribution in [0.25, 0.3) is 0 Å². The molecule has 1 aromatic rings. The standard InChI is InChI=1S/C25H33NO4/c1-5-6-21-19(9-12-25(28)17-26-13-10-20(25)11-14-26)7-8-22(23(21)18(2)3)24(27)30-16-15-29-4/h5,7-8,18,20,28H,1,6,10-11,13-17H2,2-4H3. The molecule has 3 aliphatic heterocycles. The zero-order chi connectivity index (χ0) is 21.7. The van der Waals surface area contributed by atoms with Gasteiger partial charge in [-0.2, -0.15) is 0 Å². The fourth-order valence-electron chi connectivity index (χ4n) is 4.63. The number of piperidine rings is 3. The number of methoxy groups -OCH3 is 1. The lowest BCUT2D eigenvalue weighted by Gasteiger charge is -2.47. The summed E-state index contributed by atoms with van der Waals surface area (Å²) in [5.74, 6) is 6.46. The number of aliphatic hydroxyl groups is 1. The topological polar surface area (TPSA) is 59.0 Å². The van der Waals surface area contributed by atoms with Crippen molar-refractivity contribution in [2.75, 3.05) is 40.0 Å². The average Bonchev–Trinajstić information content (AvgIpc) is 2.73. The van der Waals surface area contributed by atoms with Gasteiger partial charge < -0.3 is 14.6 Å². The van der Waals surface area contributed by atoms with Gasteiger partial charge in [-0.25, -0.2) is 4.79 Å². The van der Waals surface area contributed by atoms with Crippen molar-refractivity contribution in [3.05, 3.63) is 47.0 Å². The number of fused-ring (bicyclic) bond motifs is 3. The van der Waals surface area contributed by atoms with Crippen molar-refractivity contribution in [3.63, 3.8) is 0 Å². The van der Waals surface area contributed by atoms with Crippen LogP contribution in [0.15, 0.2) is 24.8 Å². The van der Waals surface area contributed by atoms with Crippen LogP contribution >= 0.6 is 0 Å². The summed E-state index contributed by atoms with van der Waals surface area (Å²) in [5.41, 5.74) is 2.36. The summed E-state index contributed by atoms with van der Waals surface area (Å²) < 4.78 is 10.3. The highest BCUT2D eigenvalue weighted by Crippen LogP contribution is 2.35. The second kappa shape index (κ2) is 9.78. The van der Waals surface area contributed by atoms with Gasteiger partial charge in [-0.1, -0.05) is 31.8 Å². The van der Waals surface area contributed by atoms with Gasteiger partial charge in [0, 0.05) is 25.1 Å². The number of ether oxygens (including phenoxy) is 2. The lowest BCUT2D eigenvalue weighted by molar-refractivity contribution is -0.0713. The molecule has 2 bridgehead atoms. The molecule has 3 saturated heterocycles. The maximum absolute atomic E-state index is 12.7. The third-order valence-corrected chi connectivity index (χ3v) is 6.16. The van der Waals surface area contributed by atoms with Crippen molar-refractivity contribution < 1.29 is 19.4 Å². The van der Waals surface area contributed by atoms with Crippen molar-refractivity contribution >= 4 is 5.97 Å². The molecule has 3 heterocycles. The van der Waals surface area contributed by atoms with E-state index in [-0.39, 0.29) is 24.4 Å². The molecule has 5 nitrogen and oxygen atoms in total. The Balaban J connectivity index is 1.97. The van der Waals surface area contributed by atoms with Crippen LogP contribution in [0.5, 0.6) is 0 Å². The van der Waals surface area contributed by atoms with Crippen molar-refractivity contribution in [3.8, 4) is 11.8 Å². The van der Waals surface area contributed by atoms with E-state index in [4.69, 9.17) is 9.47 Å². The summed E-state index contributed by atoms with van der Waals surface area (Å²) in [6.07, 6.45) is 4.42. The first-order valence-corrected chi connectivity index (χ1v) is 10.8. The normalized spacial score (nSPS) is 25.0. The molecule has 3 fully saturated rings. The Labute approximate surface area is 180 Å². The molecule has 162 valence electrons. The van der Waals surface area contributed by atoms with Crippen molar-refractivity contribution in [1.82, 2.24) is 4.90 Å². The maximum atomic E-state index is 12.7. The fourth-order valence-corrected chi connectivity index (χ4v) is 4.63. The van der Waals surface area contributed by atoms with Crippen LogP contribution in [-0.2, 0) is 15.9 Å². The van der Waals surface area contributed by atoms with Crippen molar-refractivity contribution in [1.29, 1.82) is 0 Å². The first-order chi connectivity index (χ1) is 14.4. The van der Waals surface area contributed by atoms with Gasteiger partial charge in [-0.05, 0) is 61.5 Å². The highest BCUT2D eigenvalue weighted by molar-refractivity contribution is 5.92. The summed E-state index contributed by atoms with van der Waals surface area (Å²) in [7, 11) is 1.58. The smallest absolute Gasteiger partial charge is 0.338 e. The summed E-state index contributed by atoms with van der Waals surface area (Å²) in [4.78, 5) is 15.0. The molecule has 4 rings (SSSR count). The molecule has 0 aromatic heterocycles. The molecule has 1 N–H and O–H groups in total. The number of nitrogens with zero attached hydrogens (tertiary/aromatic N) is 1. The van der Waals surface area contributed by atoms with Crippen LogP contribution < -0.4 is 0 Å². The number of hydrogen-bond acceptors (Lipinski definition) is 5. The molecule has 0 saturated carbocycles. The molecule has 1 atom stereocenters. The molecule has 1 aromatic carbocycles. The molecular formula is C25H33NO4. The number of carbonyl (C=O) groups excluding carboxylic acids is 1. The van der Waals surface area contributed by atoms with E-state index in [9.17, 15) is 9.90 Å². The van der Waals surface area contributed by atoms with Gasteiger partial charge in [0.15, 0.2) is 0 Å². The second-order valence-corrected chi connectivity index (χ2v) is 8.55. The average molecular weight is 412 g/mol. The Hall–Kier alpha value is -2.13. The van der Waals surface area contributed by atoms with Gasteiger partial charge in [0.05, 0.1) is 12.2 Å². The minimum atomic E-state index is -0.961. The van der Waals surface area contributed by atoms with Gasteiger partial charge >= 0.3 is 5.97 Å². The van der Waals surface area contributed by atoms with Gasteiger partial charge in [-0.15, -0.1) is 6.58 Å². The zero-order valence-corrected chi connectivity index (χ0v) is 18.4. The van der Waals surface area contributed by atoms with Gasteiger partial charge in [0.1, 0.15) is 12.2 Å². The molecule has 0 aliphatic carbocycles. The van der Waals surface area contributed by atoms with E-state index in [1.165, 1.54) is 0 Å². The van der Waals surface area contributed by atoms with E-state index in [2.05, 4.69) is 37.2 Å². The quantitative estimate of drug-likeness (QED) is 0.323. The monoisotopic (exact) mass is 411 g/mol. The Morgan fingerprint density at radius 3 is 2.67 bits per heavy atom. The number of esters is 1. The lowest BCUT2D eigenvalue weighted by atomic mass is 9.75. The Bertz CT molecular complexity index is 843. The number of carbonyl (C=O) groups is 1. The lowest BCUT2D eigenvalue weighted by Crippen LogP contribution is -2.58. The maximum Gasteiger partial charge on any atom is 0.338 e. The van der Waals surface area contributed by atoms with E-state index in [1.54, 1.807) is 13.2 Å². The molecule has 30 heavy (non-hydrogen) atoms. The molecule has 3 aliphatic rings. The second-order valence-electron chi connectivity index (χ2n) is 8.55. The van der Waals surface area contributed by atoms with Gasteiger partial charge in [-0.3, -0.25) is 4.90 Å². The predicted octanol–water partition coefficient (Wildman–Crippen LogP) is 3.15. The van der Waals surface area contributed by atoms with E-state index in [0.29, 0.717) is 25.1 Å². The van der Waals surface area contributed by atoms with Crippen LogP contribution in [0.4, 0.5) is 0 Å². The van der Waals surface area contributed by atoms with Gasteiger partial charge in [0.25, 0.3) is 0 Å². The van der Waals surface area contributed by atoms with E-state index >= 15 is 0 Å². The van der Waals surface area contributed by atoms with Crippen LogP contribution in [0, 0.1) is 17.8 Å². The number of hydrogen-bond donors (Lipinski definition) is 1. The first-order valence-electron chi connectivity index (χ1n) is 10.8. The molecule has 0 spiro atoms. The highest BCUT2D eigenvalue weighted by Gasteiger charge is 2.44. The molecular weight excluding hydrogens is 378 g/mol. The van der Waals surface area contributed by atoms with E-state index in [1.807, 2.05) is 12.1 Å². The number of benzene rings is 1. The van der Waals surface area contributed by atoms with Crippen LogP contribution in [-0.4, -0.2) is 61.5 Å². The highest BCUT2D eigenvalue weighted by atomic mass is 16.6. The fraction of sp³-hybridized carbons (Fsp3) is 0.560. The minimum absolute atomic E-state index is 0.117. The van der Waals surface area contributed by atoms with Crippen LogP contribution in [0.1, 0.15) is 59.7 Å². The first kappa shape index (κ1) is 22.6. The summed E-state index contributed by atoms with van der Waals surface area (Å²) in [6.45, 7) is 11.3. The van der Waals surface area contributed by atoms with Gasteiger partial charge in [0.2, 0.25) is 0 Å². The summed E-state index contributed by atoms with van der Waals surface area (Å²) in [5, 5.41) is 11.2. The molecule has 5 heteroatoms. The third-order valence-electron chi connectivity index (χ3n) is 6.16.